The first-order valence-corrected chi connectivity index (χ1v) is 15.5. The van der Waals surface area contributed by atoms with Gasteiger partial charge in [0.25, 0.3) is 23.3 Å². The van der Waals surface area contributed by atoms with Gasteiger partial charge in [-0.3, -0.25) is 14.4 Å². The average molecular weight is 615 g/mol. The highest BCUT2D eigenvalue weighted by atomic mass is 19.3. The average Bonchev–Trinajstić information content (AvgIpc) is 3.92. The van der Waals surface area contributed by atoms with E-state index in [0.717, 1.165) is 41.8 Å². The molecule has 45 heavy (non-hydrogen) atoms. The highest BCUT2D eigenvalue weighted by molar-refractivity contribution is 6.05. The Hall–Kier alpha value is -4.43. The number of nitriles is 1. The largest absolute Gasteiger partial charge is 0.326 e. The predicted molar refractivity (Wildman–Crippen MR) is 165 cm³/mol. The molecule has 2 N–H and O–H groups in total. The lowest BCUT2D eigenvalue weighted by atomic mass is 9.95. The molecular weight excluding hydrogens is 578 g/mol. The molecule has 1 aliphatic heterocycles. The first kappa shape index (κ1) is 30.6. The van der Waals surface area contributed by atoms with Crippen LogP contribution in [0.15, 0.2) is 47.4 Å². The lowest BCUT2D eigenvalue weighted by Crippen LogP contribution is -2.58. The molecule has 3 fully saturated rings. The minimum Gasteiger partial charge on any atom is -0.326 e. The van der Waals surface area contributed by atoms with Gasteiger partial charge in [0.1, 0.15) is 11.4 Å². The van der Waals surface area contributed by atoms with Crippen molar-refractivity contribution in [3.8, 4) is 17.2 Å². The van der Waals surface area contributed by atoms with Crippen LogP contribution in [0.2, 0.25) is 0 Å². The lowest BCUT2D eigenvalue weighted by Gasteiger charge is -2.39. The molecule has 0 radical (unpaired) electrons. The molecule has 6 rings (SSSR count). The summed E-state index contributed by atoms with van der Waals surface area (Å²) in [5.74, 6) is -3.31. The van der Waals surface area contributed by atoms with Crippen molar-refractivity contribution in [3.63, 3.8) is 0 Å². The number of carbonyl (C=O) groups excluding carboxylic acids is 2. The number of hydrogen-bond acceptors (Lipinski definition) is 6. The van der Waals surface area contributed by atoms with E-state index >= 15 is 0 Å². The van der Waals surface area contributed by atoms with Gasteiger partial charge >= 0.3 is 0 Å². The van der Waals surface area contributed by atoms with Crippen LogP contribution in [0.25, 0.3) is 11.1 Å². The molecule has 234 valence electrons. The normalized spacial score (nSPS) is 17.8. The summed E-state index contributed by atoms with van der Waals surface area (Å²) in [5.41, 5.74) is 2.55. The molecule has 3 aliphatic rings. The van der Waals surface area contributed by atoms with Gasteiger partial charge in [-0.1, -0.05) is 19.9 Å². The van der Waals surface area contributed by atoms with Gasteiger partial charge in [0.2, 0.25) is 0 Å². The van der Waals surface area contributed by atoms with Crippen molar-refractivity contribution >= 4 is 17.6 Å². The number of amides is 2. The minimum atomic E-state index is -2.94. The maximum atomic E-state index is 13.7. The molecule has 2 amide bonds. The van der Waals surface area contributed by atoms with Crippen molar-refractivity contribution in [1.29, 1.82) is 5.26 Å². The van der Waals surface area contributed by atoms with E-state index in [1.165, 1.54) is 6.07 Å². The first-order valence-electron chi connectivity index (χ1n) is 15.5. The van der Waals surface area contributed by atoms with Gasteiger partial charge in [0.15, 0.2) is 0 Å². The van der Waals surface area contributed by atoms with Crippen molar-refractivity contribution in [2.45, 2.75) is 76.9 Å². The molecule has 1 saturated heterocycles. The number of carbonyl (C=O) groups is 2. The van der Waals surface area contributed by atoms with Gasteiger partial charge in [0.05, 0.1) is 24.7 Å². The SMILES string of the molecule is CC(C)[C@H](C)NCc1cc(C(=O)Nc2cc(-c3ccc(C#N)cc3C(=O)N3CC(F)(F)C3)cc(C3CC3)n2)c(=O)n(C2CC2)c1. The van der Waals surface area contributed by atoms with Crippen molar-refractivity contribution in [3.05, 3.63) is 80.9 Å². The summed E-state index contributed by atoms with van der Waals surface area (Å²) in [6.45, 7) is 5.48. The maximum absolute atomic E-state index is 13.7. The topological polar surface area (TPSA) is 120 Å². The quantitative estimate of drug-likeness (QED) is 0.313. The Balaban J connectivity index is 1.33. The van der Waals surface area contributed by atoms with Gasteiger partial charge in [-0.2, -0.15) is 5.26 Å². The number of alkyl halides is 2. The Morgan fingerprint density at radius 1 is 1.07 bits per heavy atom. The zero-order valence-corrected chi connectivity index (χ0v) is 25.6. The van der Waals surface area contributed by atoms with Gasteiger partial charge in [0, 0.05) is 42.0 Å². The van der Waals surface area contributed by atoms with E-state index in [0.29, 0.717) is 23.6 Å². The lowest BCUT2D eigenvalue weighted by molar-refractivity contribution is -0.113. The first-order chi connectivity index (χ1) is 21.4. The number of benzene rings is 1. The van der Waals surface area contributed by atoms with E-state index in [2.05, 4.69) is 36.4 Å². The van der Waals surface area contributed by atoms with E-state index in [-0.39, 0.29) is 46.1 Å². The van der Waals surface area contributed by atoms with E-state index in [9.17, 15) is 28.4 Å². The molecule has 0 bridgehead atoms. The van der Waals surface area contributed by atoms with E-state index in [1.807, 2.05) is 18.3 Å². The fourth-order valence-corrected chi connectivity index (χ4v) is 5.47. The second-order valence-corrected chi connectivity index (χ2v) is 12.9. The zero-order valence-electron chi connectivity index (χ0n) is 25.6. The van der Waals surface area contributed by atoms with Crippen LogP contribution in [0.1, 0.15) is 96.0 Å². The summed E-state index contributed by atoms with van der Waals surface area (Å²) in [7, 11) is 0. The Morgan fingerprint density at radius 3 is 2.42 bits per heavy atom. The molecule has 2 aromatic heterocycles. The zero-order chi connectivity index (χ0) is 32.0. The summed E-state index contributed by atoms with van der Waals surface area (Å²) in [6, 6.07) is 12.0. The molecule has 0 unspecified atom stereocenters. The number of nitrogens with one attached hydrogen (secondary N) is 2. The molecule has 1 atom stereocenters. The number of rotatable bonds is 10. The number of nitrogens with zero attached hydrogens (tertiary/aromatic N) is 4. The number of hydrogen-bond donors (Lipinski definition) is 2. The molecule has 9 nitrogen and oxygen atoms in total. The fourth-order valence-electron chi connectivity index (χ4n) is 5.47. The van der Waals surface area contributed by atoms with E-state index < -0.39 is 30.8 Å². The molecule has 3 heterocycles. The monoisotopic (exact) mass is 614 g/mol. The smallest absolute Gasteiger partial charge is 0.282 e. The summed E-state index contributed by atoms with van der Waals surface area (Å²) < 4.78 is 28.9. The highest BCUT2D eigenvalue weighted by Gasteiger charge is 2.46. The number of halogens is 2. The van der Waals surface area contributed by atoms with Crippen molar-refractivity contribution in [2.24, 2.45) is 5.92 Å². The second kappa shape index (κ2) is 11.8. The Bertz CT molecular complexity index is 1760. The minimum absolute atomic E-state index is 0.0199. The summed E-state index contributed by atoms with van der Waals surface area (Å²) in [6.07, 6.45) is 5.44. The van der Waals surface area contributed by atoms with Crippen molar-refractivity contribution in [1.82, 2.24) is 19.8 Å². The molecule has 11 heteroatoms. The third-order valence-corrected chi connectivity index (χ3v) is 8.82. The molecule has 2 saturated carbocycles. The van der Waals surface area contributed by atoms with Gasteiger partial charge < -0.3 is 20.1 Å². The molecular formula is C34H36F2N6O3. The van der Waals surface area contributed by atoms with Gasteiger partial charge in [-0.15, -0.1) is 0 Å². The number of anilines is 1. The number of pyridine rings is 2. The molecule has 0 spiro atoms. The predicted octanol–water partition coefficient (Wildman–Crippen LogP) is 5.47. The third-order valence-electron chi connectivity index (χ3n) is 8.82. The van der Waals surface area contributed by atoms with Gasteiger partial charge in [-0.25, -0.2) is 13.8 Å². The Morgan fingerprint density at radius 2 is 1.80 bits per heavy atom. The standard InChI is InChI=1S/C34H36F2N6O3/c1-19(2)20(3)38-15-22-11-28(33(45)42(16-22)25-7-8-25)31(43)40-30-13-24(12-29(39-30)23-5-6-23)26-9-4-21(14-37)10-27(26)32(44)41-17-34(35,36)18-41/h4,9-13,16,19-20,23,25,38H,5-8,15,17-18H2,1-3H3,(H,39,40,43)/t20-/m0/s1. The van der Waals surface area contributed by atoms with Crippen LogP contribution in [-0.2, 0) is 6.54 Å². The summed E-state index contributed by atoms with van der Waals surface area (Å²) in [5, 5.41) is 15.8. The van der Waals surface area contributed by atoms with E-state index in [1.54, 1.807) is 28.8 Å². The van der Waals surface area contributed by atoms with Crippen molar-refractivity contribution < 1.29 is 18.4 Å². The van der Waals surface area contributed by atoms with Crippen molar-refractivity contribution in [2.75, 3.05) is 18.4 Å². The molecule has 2 aliphatic carbocycles. The molecule has 3 aromatic rings. The van der Waals surface area contributed by atoms with Crippen LogP contribution >= 0.6 is 0 Å². The Kier molecular flexibility index (Phi) is 8.04. The second-order valence-electron chi connectivity index (χ2n) is 12.9. The third kappa shape index (κ3) is 6.66. The molecule has 1 aromatic carbocycles. The number of aromatic nitrogens is 2. The summed E-state index contributed by atoms with van der Waals surface area (Å²) in [4.78, 5) is 46.1. The van der Waals surface area contributed by atoms with Crippen LogP contribution in [0, 0.1) is 17.2 Å². The van der Waals surface area contributed by atoms with Crippen LogP contribution in [0.3, 0.4) is 0 Å². The van der Waals surface area contributed by atoms with Crippen LogP contribution in [0.5, 0.6) is 0 Å². The van der Waals surface area contributed by atoms with Crippen LogP contribution < -0.4 is 16.2 Å². The van der Waals surface area contributed by atoms with Crippen LogP contribution in [-0.4, -0.2) is 51.3 Å². The van der Waals surface area contributed by atoms with Crippen LogP contribution in [0.4, 0.5) is 14.6 Å². The fraction of sp³-hybridized carbons (Fsp3) is 0.441. The maximum Gasteiger partial charge on any atom is 0.282 e. The van der Waals surface area contributed by atoms with Gasteiger partial charge in [-0.05, 0) is 85.5 Å². The summed E-state index contributed by atoms with van der Waals surface area (Å²) >= 11 is 0. The number of likely N-dealkylation sites (tertiary alicyclic amines) is 1. The van der Waals surface area contributed by atoms with E-state index in [4.69, 9.17) is 0 Å². The highest BCUT2D eigenvalue weighted by Crippen LogP contribution is 2.42. The Labute approximate surface area is 260 Å².